The molecule has 1 N–H and O–H groups in total. The molecule has 2 aromatic rings. The van der Waals surface area contributed by atoms with E-state index in [0.29, 0.717) is 16.5 Å². The Labute approximate surface area is 130 Å². The molecule has 4 heteroatoms. The van der Waals surface area contributed by atoms with Crippen LogP contribution in [0.15, 0.2) is 36.4 Å². The van der Waals surface area contributed by atoms with Crippen LogP contribution in [0.1, 0.15) is 18.1 Å². The molecular formula is C17H20ClNO2. The molecule has 2 rings (SSSR count). The van der Waals surface area contributed by atoms with Crippen molar-refractivity contribution in [3.8, 4) is 11.5 Å². The summed E-state index contributed by atoms with van der Waals surface area (Å²) >= 11 is 6.18. The molecule has 0 bridgehead atoms. The van der Waals surface area contributed by atoms with Gasteiger partial charge in [0.05, 0.1) is 24.9 Å². The highest BCUT2D eigenvalue weighted by atomic mass is 35.5. The average Bonchev–Trinajstić information content (AvgIpc) is 2.53. The molecule has 0 amide bonds. The van der Waals surface area contributed by atoms with Crippen molar-refractivity contribution in [2.75, 3.05) is 19.5 Å². The lowest BCUT2D eigenvalue weighted by Crippen LogP contribution is -2.04. The first-order valence-corrected chi connectivity index (χ1v) is 7.29. The molecular weight excluding hydrogens is 286 g/mol. The van der Waals surface area contributed by atoms with E-state index in [9.17, 15) is 0 Å². The van der Waals surface area contributed by atoms with Crippen LogP contribution < -0.4 is 14.8 Å². The zero-order chi connectivity index (χ0) is 15.2. The number of halogens is 1. The quantitative estimate of drug-likeness (QED) is 0.850. The van der Waals surface area contributed by atoms with Crippen LogP contribution in [0.2, 0.25) is 5.02 Å². The number of nitrogens with one attached hydrogen (secondary N) is 1. The lowest BCUT2D eigenvalue weighted by molar-refractivity contribution is 0.395. The van der Waals surface area contributed by atoms with Crippen molar-refractivity contribution in [1.29, 1.82) is 0 Å². The molecule has 0 aliphatic carbocycles. The van der Waals surface area contributed by atoms with Gasteiger partial charge in [0, 0.05) is 12.6 Å². The summed E-state index contributed by atoms with van der Waals surface area (Å²) in [6, 6.07) is 12.0. The minimum absolute atomic E-state index is 0.560. The van der Waals surface area contributed by atoms with E-state index in [-0.39, 0.29) is 0 Å². The molecule has 0 saturated heterocycles. The maximum absolute atomic E-state index is 6.18. The molecule has 0 radical (unpaired) electrons. The normalized spacial score (nSPS) is 10.3. The van der Waals surface area contributed by atoms with Crippen LogP contribution in [-0.2, 0) is 13.0 Å². The molecule has 0 aliphatic rings. The molecule has 0 aromatic heterocycles. The van der Waals surface area contributed by atoms with Crippen molar-refractivity contribution >= 4 is 17.3 Å². The topological polar surface area (TPSA) is 30.5 Å². The molecule has 0 saturated carbocycles. The molecule has 0 fully saturated rings. The predicted molar refractivity (Wildman–Crippen MR) is 87.7 cm³/mol. The highest BCUT2D eigenvalue weighted by Crippen LogP contribution is 2.36. The van der Waals surface area contributed by atoms with E-state index < -0.39 is 0 Å². The minimum atomic E-state index is 0.560. The maximum atomic E-state index is 6.18. The summed E-state index contributed by atoms with van der Waals surface area (Å²) in [7, 11) is 3.22. The van der Waals surface area contributed by atoms with Gasteiger partial charge in [-0.2, -0.15) is 0 Å². The fraction of sp³-hybridized carbons (Fsp3) is 0.294. The molecule has 0 atom stereocenters. The Balaban J connectivity index is 2.21. The van der Waals surface area contributed by atoms with Gasteiger partial charge in [0.15, 0.2) is 0 Å². The first-order chi connectivity index (χ1) is 10.2. The van der Waals surface area contributed by atoms with Gasteiger partial charge in [0.25, 0.3) is 0 Å². The van der Waals surface area contributed by atoms with Crippen LogP contribution in [-0.4, -0.2) is 14.2 Å². The first kappa shape index (κ1) is 15.5. The molecule has 3 nitrogen and oxygen atoms in total. The first-order valence-electron chi connectivity index (χ1n) is 6.91. The summed E-state index contributed by atoms with van der Waals surface area (Å²) in [5.74, 6) is 1.32. The van der Waals surface area contributed by atoms with Gasteiger partial charge in [0.2, 0.25) is 0 Å². The molecule has 112 valence electrons. The molecule has 2 aromatic carbocycles. The van der Waals surface area contributed by atoms with E-state index in [0.717, 1.165) is 18.7 Å². The summed E-state index contributed by atoms with van der Waals surface area (Å²) in [6.07, 6.45) is 1.01. The Hall–Kier alpha value is -1.87. The second kappa shape index (κ2) is 7.23. The van der Waals surface area contributed by atoms with Crippen LogP contribution >= 0.6 is 11.6 Å². The molecule has 21 heavy (non-hydrogen) atoms. The fourth-order valence-electron chi connectivity index (χ4n) is 2.26. The van der Waals surface area contributed by atoms with Gasteiger partial charge < -0.3 is 14.8 Å². The van der Waals surface area contributed by atoms with Crippen molar-refractivity contribution in [2.24, 2.45) is 0 Å². The number of rotatable bonds is 6. The van der Waals surface area contributed by atoms with E-state index >= 15 is 0 Å². The summed E-state index contributed by atoms with van der Waals surface area (Å²) in [5, 5.41) is 3.94. The van der Waals surface area contributed by atoms with Crippen molar-refractivity contribution < 1.29 is 9.47 Å². The largest absolute Gasteiger partial charge is 0.495 e. The molecule has 0 aliphatic heterocycles. The molecule has 0 heterocycles. The Bertz CT molecular complexity index is 614. The van der Waals surface area contributed by atoms with Crippen molar-refractivity contribution in [3.63, 3.8) is 0 Å². The lowest BCUT2D eigenvalue weighted by atomic mass is 10.1. The number of aryl methyl sites for hydroxylation is 1. The van der Waals surface area contributed by atoms with Gasteiger partial charge in [-0.05, 0) is 23.6 Å². The number of ether oxygens (including phenoxy) is 2. The number of anilines is 1. The smallest absolute Gasteiger partial charge is 0.145 e. The monoisotopic (exact) mass is 305 g/mol. The summed E-state index contributed by atoms with van der Waals surface area (Å²) in [4.78, 5) is 0. The van der Waals surface area contributed by atoms with E-state index in [1.807, 2.05) is 6.07 Å². The predicted octanol–water partition coefficient (Wildman–Crippen LogP) is 4.53. The van der Waals surface area contributed by atoms with Crippen LogP contribution in [0.25, 0.3) is 0 Å². The minimum Gasteiger partial charge on any atom is -0.495 e. The standard InChI is InChI=1S/C17H20ClNO2/c1-4-12-7-5-6-8-13(12)11-19-15-9-14(18)16(20-2)10-17(15)21-3/h5-10,19H,4,11H2,1-3H3. The van der Waals surface area contributed by atoms with Crippen LogP contribution in [0, 0.1) is 0 Å². The van der Waals surface area contributed by atoms with Crippen LogP contribution in [0.3, 0.4) is 0 Å². The van der Waals surface area contributed by atoms with E-state index in [1.54, 1.807) is 20.3 Å². The highest BCUT2D eigenvalue weighted by molar-refractivity contribution is 6.32. The highest BCUT2D eigenvalue weighted by Gasteiger charge is 2.10. The van der Waals surface area contributed by atoms with E-state index in [2.05, 4.69) is 36.5 Å². The number of hydrogen-bond acceptors (Lipinski definition) is 3. The van der Waals surface area contributed by atoms with E-state index in [1.165, 1.54) is 11.1 Å². The SMILES string of the molecule is CCc1ccccc1CNc1cc(Cl)c(OC)cc1OC. The van der Waals surface area contributed by atoms with Gasteiger partial charge in [-0.1, -0.05) is 42.8 Å². The molecule has 0 spiro atoms. The Morgan fingerprint density at radius 1 is 1.00 bits per heavy atom. The maximum Gasteiger partial charge on any atom is 0.145 e. The van der Waals surface area contributed by atoms with Gasteiger partial charge in [-0.3, -0.25) is 0 Å². The van der Waals surface area contributed by atoms with Crippen LogP contribution in [0.5, 0.6) is 11.5 Å². The molecule has 0 unspecified atom stereocenters. The summed E-state index contributed by atoms with van der Waals surface area (Å²) in [6.45, 7) is 2.88. The van der Waals surface area contributed by atoms with Gasteiger partial charge in [-0.25, -0.2) is 0 Å². The zero-order valence-electron chi connectivity index (χ0n) is 12.6. The third-order valence-corrected chi connectivity index (χ3v) is 3.74. The Kier molecular flexibility index (Phi) is 5.34. The van der Waals surface area contributed by atoms with Gasteiger partial charge in [0.1, 0.15) is 11.5 Å². The number of hydrogen-bond donors (Lipinski definition) is 1. The summed E-state index contributed by atoms with van der Waals surface area (Å²) in [5.41, 5.74) is 3.46. The zero-order valence-corrected chi connectivity index (χ0v) is 13.3. The Morgan fingerprint density at radius 2 is 1.67 bits per heavy atom. The number of benzene rings is 2. The van der Waals surface area contributed by atoms with Crippen molar-refractivity contribution in [3.05, 3.63) is 52.5 Å². The second-order valence-electron chi connectivity index (χ2n) is 4.66. The third kappa shape index (κ3) is 3.61. The Morgan fingerprint density at radius 3 is 2.29 bits per heavy atom. The van der Waals surface area contributed by atoms with Crippen molar-refractivity contribution in [1.82, 2.24) is 0 Å². The average molecular weight is 306 g/mol. The van der Waals surface area contributed by atoms with Crippen LogP contribution in [0.4, 0.5) is 5.69 Å². The second-order valence-corrected chi connectivity index (χ2v) is 5.07. The van der Waals surface area contributed by atoms with Crippen molar-refractivity contribution in [2.45, 2.75) is 19.9 Å². The summed E-state index contributed by atoms with van der Waals surface area (Å²) < 4.78 is 10.6. The third-order valence-electron chi connectivity index (χ3n) is 3.44. The number of methoxy groups -OCH3 is 2. The van der Waals surface area contributed by atoms with Gasteiger partial charge >= 0.3 is 0 Å². The lowest BCUT2D eigenvalue weighted by Gasteiger charge is -2.15. The van der Waals surface area contributed by atoms with Gasteiger partial charge in [-0.15, -0.1) is 0 Å². The van der Waals surface area contributed by atoms with E-state index in [4.69, 9.17) is 21.1 Å². The fourth-order valence-corrected chi connectivity index (χ4v) is 2.50.